The molecular weight excluding hydrogens is 543 g/mol. The third kappa shape index (κ3) is 3.86. The van der Waals surface area contributed by atoms with Gasteiger partial charge < -0.3 is 9.32 Å². The molecular formula is C40H25NOS. The third-order valence-electron chi connectivity index (χ3n) is 8.43. The summed E-state index contributed by atoms with van der Waals surface area (Å²) in [6.07, 6.45) is 0. The molecule has 0 atom stereocenters. The summed E-state index contributed by atoms with van der Waals surface area (Å²) in [6, 6.07) is 54.1. The van der Waals surface area contributed by atoms with Crippen LogP contribution in [-0.4, -0.2) is 0 Å². The van der Waals surface area contributed by atoms with E-state index in [2.05, 4.69) is 157 Å². The summed E-state index contributed by atoms with van der Waals surface area (Å²) in [5.41, 5.74) is 7.72. The van der Waals surface area contributed by atoms with Gasteiger partial charge in [-0.3, -0.25) is 0 Å². The molecule has 0 saturated carbocycles. The van der Waals surface area contributed by atoms with Crippen molar-refractivity contribution in [3.05, 3.63) is 152 Å². The van der Waals surface area contributed by atoms with Crippen LogP contribution in [0.15, 0.2) is 156 Å². The first-order valence-electron chi connectivity index (χ1n) is 14.5. The van der Waals surface area contributed by atoms with Gasteiger partial charge in [-0.25, -0.2) is 0 Å². The van der Waals surface area contributed by atoms with E-state index in [1.54, 1.807) is 0 Å². The highest BCUT2D eigenvalue weighted by Gasteiger charge is 2.21. The fraction of sp³-hybridized carbons (Fsp3) is 0. The average Bonchev–Trinajstić information content (AvgIpc) is 3.63. The van der Waals surface area contributed by atoms with Crippen LogP contribution < -0.4 is 4.90 Å². The predicted octanol–water partition coefficient (Wildman–Crippen LogP) is 12.2. The molecule has 0 bridgehead atoms. The molecule has 0 aliphatic rings. The maximum absolute atomic E-state index is 6.66. The summed E-state index contributed by atoms with van der Waals surface area (Å²) in [5.74, 6) is 0. The molecule has 0 aliphatic carbocycles. The summed E-state index contributed by atoms with van der Waals surface area (Å²) in [7, 11) is 0. The van der Waals surface area contributed by atoms with Crippen LogP contribution in [0.5, 0.6) is 0 Å². The van der Waals surface area contributed by atoms with Gasteiger partial charge in [0.05, 0.1) is 10.4 Å². The molecule has 0 N–H and O–H groups in total. The Morgan fingerprint density at radius 1 is 0.488 bits per heavy atom. The van der Waals surface area contributed by atoms with E-state index in [4.69, 9.17) is 4.42 Å². The molecule has 0 spiro atoms. The lowest BCUT2D eigenvalue weighted by Crippen LogP contribution is -2.09. The molecule has 0 amide bonds. The van der Waals surface area contributed by atoms with Gasteiger partial charge in [0, 0.05) is 37.6 Å². The molecule has 9 rings (SSSR count). The number of fused-ring (bicyclic) bond motifs is 8. The number of nitrogens with zero attached hydrogens (tertiary/aromatic N) is 1. The molecule has 2 nitrogen and oxygen atoms in total. The summed E-state index contributed by atoms with van der Waals surface area (Å²) < 4.78 is 9.13. The summed E-state index contributed by atoms with van der Waals surface area (Å²) in [5, 5.41) is 7.15. The number of thiophene rings is 1. The quantitative estimate of drug-likeness (QED) is 0.210. The molecule has 0 fully saturated rings. The van der Waals surface area contributed by atoms with Crippen molar-refractivity contribution in [2.75, 3.05) is 4.90 Å². The van der Waals surface area contributed by atoms with Crippen molar-refractivity contribution >= 4 is 81.3 Å². The van der Waals surface area contributed by atoms with Crippen LogP contribution in [0.1, 0.15) is 0 Å². The first-order chi connectivity index (χ1) is 21.3. The largest absolute Gasteiger partial charge is 0.455 e. The molecule has 202 valence electrons. The number of hydrogen-bond donors (Lipinski definition) is 0. The molecule has 3 heteroatoms. The maximum atomic E-state index is 6.66. The number of rotatable bonds is 4. The second kappa shape index (κ2) is 9.59. The molecule has 43 heavy (non-hydrogen) atoms. The molecule has 7 aromatic carbocycles. The minimum absolute atomic E-state index is 0.932. The van der Waals surface area contributed by atoms with Gasteiger partial charge in [-0.2, -0.15) is 0 Å². The van der Waals surface area contributed by atoms with E-state index in [0.29, 0.717) is 0 Å². The number of benzene rings is 7. The molecule has 0 saturated heterocycles. The lowest BCUT2D eigenvalue weighted by atomic mass is 10.0. The van der Waals surface area contributed by atoms with E-state index in [1.165, 1.54) is 42.1 Å². The Morgan fingerprint density at radius 3 is 1.95 bits per heavy atom. The number of para-hydroxylation sites is 1. The number of furan rings is 1. The van der Waals surface area contributed by atoms with Crippen LogP contribution in [0.4, 0.5) is 17.1 Å². The highest BCUT2D eigenvalue weighted by Crippen LogP contribution is 2.48. The first kappa shape index (κ1) is 24.2. The van der Waals surface area contributed by atoms with Gasteiger partial charge in [0.25, 0.3) is 0 Å². The summed E-state index contributed by atoms with van der Waals surface area (Å²) >= 11 is 1.83. The Labute approximate surface area is 252 Å². The molecule has 0 radical (unpaired) electrons. The summed E-state index contributed by atoms with van der Waals surface area (Å²) in [6.45, 7) is 0. The maximum Gasteiger partial charge on any atom is 0.144 e. The van der Waals surface area contributed by atoms with E-state index in [9.17, 15) is 0 Å². The standard InChI is InChI=1S/C40H25NOS/c1-3-10-26(11-4-1)27-18-20-31(21-19-27)41(30-14-5-2-6-15-30)35-17-9-16-33-38-37(43-40(33)35)23-22-32-34-24-28-12-7-8-13-29(28)25-36(34)42-39(32)38/h1-25H. The van der Waals surface area contributed by atoms with E-state index < -0.39 is 0 Å². The first-order valence-corrected chi connectivity index (χ1v) is 15.3. The van der Waals surface area contributed by atoms with Crippen molar-refractivity contribution in [1.82, 2.24) is 0 Å². The zero-order chi connectivity index (χ0) is 28.3. The topological polar surface area (TPSA) is 16.4 Å². The predicted molar refractivity (Wildman–Crippen MR) is 184 cm³/mol. The van der Waals surface area contributed by atoms with Gasteiger partial charge in [0.15, 0.2) is 0 Å². The SMILES string of the molecule is c1ccc(-c2ccc(N(c3ccccc3)c3cccc4c3sc3ccc5c6cc7ccccc7cc6oc5c34)cc2)cc1. The van der Waals surface area contributed by atoms with Crippen molar-refractivity contribution in [2.45, 2.75) is 0 Å². The Bertz CT molecular complexity index is 2440. The van der Waals surface area contributed by atoms with Crippen LogP contribution in [0, 0.1) is 0 Å². The Morgan fingerprint density at radius 2 is 1.16 bits per heavy atom. The van der Waals surface area contributed by atoms with Crippen molar-refractivity contribution in [1.29, 1.82) is 0 Å². The highest BCUT2D eigenvalue weighted by atomic mass is 32.1. The fourth-order valence-electron chi connectivity index (χ4n) is 6.40. The minimum atomic E-state index is 0.932. The minimum Gasteiger partial charge on any atom is -0.455 e. The van der Waals surface area contributed by atoms with Crippen LogP contribution in [0.3, 0.4) is 0 Å². The van der Waals surface area contributed by atoms with Crippen LogP contribution >= 0.6 is 11.3 Å². The molecule has 2 heterocycles. The Kier molecular flexibility index (Phi) is 5.40. The van der Waals surface area contributed by atoms with Crippen molar-refractivity contribution in [2.24, 2.45) is 0 Å². The van der Waals surface area contributed by atoms with E-state index >= 15 is 0 Å². The Balaban J connectivity index is 1.27. The van der Waals surface area contributed by atoms with E-state index in [-0.39, 0.29) is 0 Å². The zero-order valence-electron chi connectivity index (χ0n) is 23.2. The van der Waals surface area contributed by atoms with Gasteiger partial charge in [-0.15, -0.1) is 11.3 Å². The molecule has 0 unspecified atom stereocenters. The highest BCUT2D eigenvalue weighted by molar-refractivity contribution is 7.26. The van der Waals surface area contributed by atoms with Crippen molar-refractivity contribution < 1.29 is 4.42 Å². The van der Waals surface area contributed by atoms with Gasteiger partial charge in [-0.1, -0.05) is 97.1 Å². The van der Waals surface area contributed by atoms with Gasteiger partial charge >= 0.3 is 0 Å². The van der Waals surface area contributed by atoms with E-state index in [0.717, 1.165) is 39.0 Å². The van der Waals surface area contributed by atoms with Gasteiger partial charge in [0.1, 0.15) is 11.2 Å². The average molecular weight is 568 g/mol. The summed E-state index contributed by atoms with van der Waals surface area (Å²) in [4.78, 5) is 2.37. The number of hydrogen-bond acceptors (Lipinski definition) is 3. The van der Waals surface area contributed by atoms with Crippen LogP contribution in [0.25, 0.3) is 64.0 Å². The van der Waals surface area contributed by atoms with Gasteiger partial charge in [-0.05, 0) is 76.5 Å². The molecule has 0 aliphatic heterocycles. The zero-order valence-corrected chi connectivity index (χ0v) is 24.0. The normalized spacial score (nSPS) is 11.7. The second-order valence-electron chi connectivity index (χ2n) is 11.0. The lowest BCUT2D eigenvalue weighted by molar-refractivity contribution is 0.673. The molecule has 2 aromatic heterocycles. The monoisotopic (exact) mass is 567 g/mol. The smallest absolute Gasteiger partial charge is 0.144 e. The van der Waals surface area contributed by atoms with Crippen molar-refractivity contribution in [3.8, 4) is 11.1 Å². The second-order valence-corrected chi connectivity index (χ2v) is 12.0. The third-order valence-corrected chi connectivity index (χ3v) is 9.63. The van der Waals surface area contributed by atoms with Crippen LogP contribution in [0.2, 0.25) is 0 Å². The number of anilines is 3. The Hall–Kier alpha value is -5.38. The van der Waals surface area contributed by atoms with Crippen molar-refractivity contribution in [3.63, 3.8) is 0 Å². The van der Waals surface area contributed by atoms with Crippen LogP contribution in [-0.2, 0) is 0 Å². The lowest BCUT2D eigenvalue weighted by Gasteiger charge is -2.26. The fourth-order valence-corrected chi connectivity index (χ4v) is 7.60. The van der Waals surface area contributed by atoms with E-state index in [1.807, 2.05) is 11.3 Å². The molecule has 9 aromatic rings. The van der Waals surface area contributed by atoms with Gasteiger partial charge in [0.2, 0.25) is 0 Å².